The molecule has 0 bridgehead atoms. The third-order valence-electron chi connectivity index (χ3n) is 5.71. The molecule has 4 nitrogen and oxygen atoms in total. The number of carbonyl (C=O) groups is 1. The molecule has 3 rings (SSSR count). The van der Waals surface area contributed by atoms with Crippen molar-refractivity contribution in [2.45, 2.75) is 26.2 Å². The predicted molar refractivity (Wildman–Crippen MR) is 114 cm³/mol. The molecule has 1 heterocycles. The maximum absolute atomic E-state index is 14.0. The van der Waals surface area contributed by atoms with Gasteiger partial charge in [0.05, 0.1) is 12.7 Å². The Balaban J connectivity index is 1.55. The lowest BCUT2D eigenvalue weighted by Crippen LogP contribution is -2.43. The molecule has 1 amide bonds. The van der Waals surface area contributed by atoms with E-state index in [4.69, 9.17) is 4.74 Å². The van der Waals surface area contributed by atoms with Crippen molar-refractivity contribution in [3.05, 3.63) is 65.5 Å². The average molecular weight is 399 g/mol. The van der Waals surface area contributed by atoms with Crippen LogP contribution in [0.2, 0.25) is 0 Å². The fourth-order valence-electron chi connectivity index (χ4n) is 4.09. The highest BCUT2D eigenvalue weighted by molar-refractivity contribution is 5.94. The second-order valence-corrected chi connectivity index (χ2v) is 7.73. The molecule has 0 unspecified atom stereocenters. The number of hydrogen-bond acceptors (Lipinski definition) is 3. The van der Waals surface area contributed by atoms with Crippen LogP contribution in [-0.4, -0.2) is 55.5 Å². The number of benzene rings is 2. The molecule has 2 aromatic rings. The van der Waals surface area contributed by atoms with Crippen molar-refractivity contribution in [1.29, 1.82) is 0 Å². The molecule has 29 heavy (non-hydrogen) atoms. The molecule has 0 radical (unpaired) electrons. The second-order valence-electron chi connectivity index (χ2n) is 7.73. The molecule has 1 saturated heterocycles. The summed E-state index contributed by atoms with van der Waals surface area (Å²) in [6, 6.07) is 14.5. The molecular formula is C24H31FN2O2. The molecule has 2 aromatic carbocycles. The molecule has 1 fully saturated rings. The second kappa shape index (κ2) is 10.4. The zero-order valence-electron chi connectivity index (χ0n) is 17.4. The molecule has 5 heteroatoms. The third kappa shape index (κ3) is 5.80. The average Bonchev–Trinajstić information content (AvgIpc) is 2.76. The summed E-state index contributed by atoms with van der Waals surface area (Å²) in [6.07, 6.45) is 3.22. The van der Waals surface area contributed by atoms with Gasteiger partial charge in [0.1, 0.15) is 11.6 Å². The number of carbonyl (C=O) groups excluding carboxylic acids is 1. The van der Waals surface area contributed by atoms with Crippen molar-refractivity contribution in [2.75, 3.05) is 39.8 Å². The zero-order chi connectivity index (χ0) is 20.6. The van der Waals surface area contributed by atoms with Gasteiger partial charge in [0.2, 0.25) is 0 Å². The first-order valence-electron chi connectivity index (χ1n) is 10.5. The third-order valence-corrected chi connectivity index (χ3v) is 5.71. The van der Waals surface area contributed by atoms with Crippen molar-refractivity contribution < 1.29 is 13.9 Å². The van der Waals surface area contributed by atoms with Crippen molar-refractivity contribution in [1.82, 2.24) is 9.80 Å². The SMILES string of the molecule is CCN(C[C@H]1CCCN(CCc2cccc(OC)c2)C1)C(=O)c1ccccc1F. The quantitative estimate of drug-likeness (QED) is 0.666. The first kappa shape index (κ1) is 21.3. The summed E-state index contributed by atoms with van der Waals surface area (Å²) in [5.74, 6) is 0.660. The highest BCUT2D eigenvalue weighted by Crippen LogP contribution is 2.20. The molecule has 0 spiro atoms. The van der Waals surface area contributed by atoms with Crippen molar-refractivity contribution in [2.24, 2.45) is 5.92 Å². The number of methoxy groups -OCH3 is 1. The Morgan fingerprint density at radius 2 is 2.07 bits per heavy atom. The van der Waals surface area contributed by atoms with Gasteiger partial charge in [-0.3, -0.25) is 4.79 Å². The fraction of sp³-hybridized carbons (Fsp3) is 0.458. The predicted octanol–water partition coefficient (Wildman–Crippen LogP) is 4.25. The number of amides is 1. The summed E-state index contributed by atoms with van der Waals surface area (Å²) in [7, 11) is 1.69. The molecule has 1 aliphatic rings. The number of piperidine rings is 1. The van der Waals surface area contributed by atoms with E-state index in [1.165, 1.54) is 11.6 Å². The van der Waals surface area contributed by atoms with Crippen LogP contribution in [0.15, 0.2) is 48.5 Å². The Hall–Kier alpha value is -2.40. The highest BCUT2D eigenvalue weighted by atomic mass is 19.1. The van der Waals surface area contributed by atoms with Gasteiger partial charge in [-0.05, 0) is 68.5 Å². The minimum Gasteiger partial charge on any atom is -0.497 e. The Morgan fingerprint density at radius 1 is 1.24 bits per heavy atom. The molecule has 0 N–H and O–H groups in total. The van der Waals surface area contributed by atoms with Crippen LogP contribution in [0.3, 0.4) is 0 Å². The van der Waals surface area contributed by atoms with E-state index < -0.39 is 5.82 Å². The lowest BCUT2D eigenvalue weighted by Gasteiger charge is -2.35. The molecule has 0 saturated carbocycles. The summed E-state index contributed by atoms with van der Waals surface area (Å²) in [5.41, 5.74) is 1.44. The highest BCUT2D eigenvalue weighted by Gasteiger charge is 2.25. The van der Waals surface area contributed by atoms with E-state index in [0.717, 1.165) is 44.6 Å². The number of halogens is 1. The van der Waals surface area contributed by atoms with Crippen molar-refractivity contribution in [3.8, 4) is 5.75 Å². The summed E-state index contributed by atoms with van der Waals surface area (Å²) < 4.78 is 19.3. The molecule has 0 aromatic heterocycles. The van der Waals surface area contributed by atoms with Crippen LogP contribution in [-0.2, 0) is 6.42 Å². The monoisotopic (exact) mass is 398 g/mol. The standard InChI is InChI=1S/C24H31FN2O2/c1-3-27(24(28)22-11-4-5-12-23(22)25)18-20-9-7-14-26(17-20)15-13-19-8-6-10-21(16-19)29-2/h4-6,8,10-12,16,20H,3,7,9,13-15,17-18H2,1-2H3/t20-/m0/s1. The van der Waals surface area contributed by atoms with Crippen molar-refractivity contribution >= 4 is 5.91 Å². The molecule has 156 valence electrons. The topological polar surface area (TPSA) is 32.8 Å². The van der Waals surface area contributed by atoms with Gasteiger partial charge in [0.15, 0.2) is 0 Å². The molecular weight excluding hydrogens is 367 g/mol. The molecule has 0 aliphatic carbocycles. The largest absolute Gasteiger partial charge is 0.497 e. The number of nitrogens with zero attached hydrogens (tertiary/aromatic N) is 2. The maximum Gasteiger partial charge on any atom is 0.256 e. The maximum atomic E-state index is 14.0. The fourth-order valence-corrected chi connectivity index (χ4v) is 4.09. The van der Waals surface area contributed by atoms with Crippen LogP contribution in [0.25, 0.3) is 0 Å². The van der Waals surface area contributed by atoms with Gasteiger partial charge < -0.3 is 14.5 Å². The van der Waals surface area contributed by atoms with E-state index >= 15 is 0 Å². The smallest absolute Gasteiger partial charge is 0.256 e. The van der Waals surface area contributed by atoms with Crippen LogP contribution in [0.1, 0.15) is 35.7 Å². The minimum atomic E-state index is -0.445. The van der Waals surface area contributed by atoms with Gasteiger partial charge in [0.25, 0.3) is 5.91 Å². The van der Waals surface area contributed by atoms with Gasteiger partial charge in [-0.2, -0.15) is 0 Å². The van der Waals surface area contributed by atoms with Gasteiger partial charge >= 0.3 is 0 Å². The van der Waals surface area contributed by atoms with E-state index in [9.17, 15) is 9.18 Å². The van der Waals surface area contributed by atoms with E-state index in [1.54, 1.807) is 30.2 Å². The Morgan fingerprint density at radius 3 is 2.83 bits per heavy atom. The van der Waals surface area contributed by atoms with Gasteiger partial charge in [-0.15, -0.1) is 0 Å². The van der Waals surface area contributed by atoms with Crippen molar-refractivity contribution in [3.63, 3.8) is 0 Å². The van der Waals surface area contributed by atoms with E-state index in [-0.39, 0.29) is 11.5 Å². The summed E-state index contributed by atoms with van der Waals surface area (Å²) in [6.45, 7) is 6.30. The lowest BCUT2D eigenvalue weighted by atomic mass is 9.96. The first-order valence-corrected chi connectivity index (χ1v) is 10.5. The van der Waals surface area contributed by atoms with Crippen LogP contribution in [0, 0.1) is 11.7 Å². The summed E-state index contributed by atoms with van der Waals surface area (Å²) in [5, 5.41) is 0. The first-order chi connectivity index (χ1) is 14.1. The van der Waals surface area contributed by atoms with Gasteiger partial charge in [0, 0.05) is 26.2 Å². The van der Waals surface area contributed by atoms with Crippen LogP contribution in [0.4, 0.5) is 4.39 Å². The van der Waals surface area contributed by atoms with Gasteiger partial charge in [-0.1, -0.05) is 24.3 Å². The van der Waals surface area contributed by atoms with Gasteiger partial charge in [-0.25, -0.2) is 4.39 Å². The minimum absolute atomic E-state index is 0.167. The number of rotatable bonds is 8. The number of likely N-dealkylation sites (tertiary alicyclic amines) is 1. The Bertz CT molecular complexity index is 811. The summed E-state index contributed by atoms with van der Waals surface area (Å²) >= 11 is 0. The van der Waals surface area contributed by atoms with Crippen LogP contribution < -0.4 is 4.74 Å². The van der Waals surface area contributed by atoms with E-state index in [2.05, 4.69) is 17.0 Å². The molecule has 1 atom stereocenters. The summed E-state index contributed by atoms with van der Waals surface area (Å²) in [4.78, 5) is 17.1. The Labute approximate surface area is 173 Å². The van der Waals surface area contributed by atoms with Crippen LogP contribution >= 0.6 is 0 Å². The Kier molecular flexibility index (Phi) is 7.64. The van der Waals surface area contributed by atoms with E-state index in [1.807, 2.05) is 19.1 Å². The number of ether oxygens (including phenoxy) is 1. The zero-order valence-corrected chi connectivity index (χ0v) is 17.4. The van der Waals surface area contributed by atoms with E-state index in [0.29, 0.717) is 19.0 Å². The van der Waals surface area contributed by atoms with Crippen LogP contribution in [0.5, 0.6) is 5.75 Å². The normalized spacial score (nSPS) is 17.1. The number of hydrogen-bond donors (Lipinski definition) is 0. The lowest BCUT2D eigenvalue weighted by molar-refractivity contribution is 0.0686. The molecule has 1 aliphatic heterocycles.